The lowest BCUT2D eigenvalue weighted by Gasteiger charge is -2.11. The van der Waals surface area contributed by atoms with Crippen molar-refractivity contribution in [3.05, 3.63) is 30.3 Å². The van der Waals surface area contributed by atoms with Crippen LogP contribution in [0.15, 0.2) is 35.4 Å². The first-order valence-electron chi connectivity index (χ1n) is 5.01. The van der Waals surface area contributed by atoms with Crippen LogP contribution in [0.4, 0.5) is 5.69 Å². The monoisotopic (exact) mass is 234 g/mol. The number of nitrogens with zero attached hydrogens (tertiary/aromatic N) is 2. The average Bonchev–Trinajstić information content (AvgIpc) is 2.55. The van der Waals surface area contributed by atoms with E-state index >= 15 is 0 Å². The zero-order valence-electron chi connectivity index (χ0n) is 9.60. The van der Waals surface area contributed by atoms with Crippen molar-refractivity contribution < 1.29 is 4.79 Å². The lowest BCUT2D eigenvalue weighted by molar-refractivity contribution is -0.112. The zero-order valence-corrected chi connectivity index (χ0v) is 10.4. The van der Waals surface area contributed by atoms with Gasteiger partial charge < -0.3 is 0 Å². The Morgan fingerprint density at radius 3 is 2.31 bits per heavy atom. The van der Waals surface area contributed by atoms with E-state index in [9.17, 15) is 4.79 Å². The fourth-order valence-electron chi connectivity index (χ4n) is 1.71. The molecule has 1 aliphatic heterocycles. The van der Waals surface area contributed by atoms with E-state index in [0.29, 0.717) is 0 Å². The predicted molar refractivity (Wildman–Crippen MR) is 71.5 cm³/mol. The Kier molecular flexibility index (Phi) is 2.92. The quantitative estimate of drug-likeness (QED) is 0.685. The lowest BCUT2D eigenvalue weighted by atomic mass is 10.3. The minimum absolute atomic E-state index is 0.0111. The zero-order chi connectivity index (χ0) is 11.7. The molecule has 0 radical (unpaired) electrons. The summed E-state index contributed by atoms with van der Waals surface area (Å²) in [6.45, 7) is 1.89. The number of hydrogen-bond acceptors (Lipinski definition) is 2. The van der Waals surface area contributed by atoms with Crippen LogP contribution in [-0.2, 0) is 4.79 Å². The van der Waals surface area contributed by atoms with Crippen molar-refractivity contribution in [2.24, 2.45) is 5.10 Å². The van der Waals surface area contributed by atoms with Crippen molar-refractivity contribution in [1.29, 1.82) is 0 Å². The minimum atomic E-state index is -0.0509. The van der Waals surface area contributed by atoms with E-state index in [0.717, 1.165) is 16.3 Å². The number of carbonyl (C=O) groups is 1. The highest BCUT2D eigenvalue weighted by Gasteiger charge is 2.29. The Morgan fingerprint density at radius 1 is 1.19 bits per heavy atom. The van der Waals surface area contributed by atoms with E-state index in [1.54, 1.807) is 0 Å². The molecule has 0 aromatic heterocycles. The van der Waals surface area contributed by atoms with Gasteiger partial charge >= 0.3 is 0 Å². The van der Waals surface area contributed by atoms with Gasteiger partial charge in [-0.2, -0.15) is 20.6 Å². The van der Waals surface area contributed by atoms with Crippen LogP contribution < -0.4 is 5.01 Å². The van der Waals surface area contributed by atoms with E-state index in [4.69, 9.17) is 0 Å². The molecule has 2 rings (SSSR count). The highest BCUT2D eigenvalue weighted by Crippen LogP contribution is 2.21. The van der Waals surface area contributed by atoms with Crippen LogP contribution in [0, 0.1) is 0 Å². The van der Waals surface area contributed by atoms with Gasteiger partial charge in [0.25, 0.3) is 5.91 Å². The third kappa shape index (κ3) is 1.80. The molecule has 0 N–H and O–H groups in total. The SMILES string of the molecule is CC1=NN(c2ccccc2)C(=O)C1=S(C)C. The van der Waals surface area contributed by atoms with Gasteiger partial charge in [-0.15, -0.1) is 0 Å². The van der Waals surface area contributed by atoms with Crippen LogP contribution in [0.25, 0.3) is 0 Å². The van der Waals surface area contributed by atoms with Crippen molar-refractivity contribution in [3.63, 3.8) is 0 Å². The first-order valence-corrected chi connectivity index (χ1v) is 7.05. The molecule has 16 heavy (non-hydrogen) atoms. The molecule has 4 heteroatoms. The van der Waals surface area contributed by atoms with Crippen molar-refractivity contribution in [2.75, 3.05) is 17.5 Å². The Balaban J connectivity index is 2.43. The summed E-state index contributed by atoms with van der Waals surface area (Å²) < 4.78 is 0. The van der Waals surface area contributed by atoms with Crippen molar-refractivity contribution in [2.45, 2.75) is 6.92 Å². The van der Waals surface area contributed by atoms with Crippen LogP contribution >= 0.6 is 10.5 Å². The lowest BCUT2D eigenvalue weighted by Crippen LogP contribution is -2.27. The number of hydrazone groups is 1. The topological polar surface area (TPSA) is 32.7 Å². The highest BCUT2D eigenvalue weighted by molar-refractivity contribution is 8.16. The Labute approximate surface area is 97.7 Å². The number of benzene rings is 1. The molecule has 0 aliphatic carbocycles. The standard InChI is InChI=1S/C12H14N2OS/c1-9-11(16(2)3)12(15)14(13-9)10-7-5-4-6-8-10/h4-8H,1-3H3. The molecule has 0 spiro atoms. The van der Waals surface area contributed by atoms with Gasteiger partial charge in [-0.25, -0.2) is 0 Å². The van der Waals surface area contributed by atoms with E-state index in [-0.39, 0.29) is 16.4 Å². The molecule has 0 atom stereocenters. The molecule has 0 unspecified atom stereocenters. The van der Waals surface area contributed by atoms with Crippen molar-refractivity contribution in [3.8, 4) is 0 Å². The molecule has 0 bridgehead atoms. The van der Waals surface area contributed by atoms with E-state index in [2.05, 4.69) is 5.10 Å². The predicted octanol–water partition coefficient (Wildman–Crippen LogP) is 2.11. The van der Waals surface area contributed by atoms with Gasteiger partial charge in [0.2, 0.25) is 0 Å². The fraction of sp³-hybridized carbons (Fsp3) is 0.250. The largest absolute Gasteiger partial charge is 0.286 e. The molecular weight excluding hydrogens is 220 g/mol. The molecule has 0 saturated carbocycles. The summed E-state index contributed by atoms with van der Waals surface area (Å²) >= 11 is 0. The molecule has 0 saturated heterocycles. The Morgan fingerprint density at radius 2 is 1.81 bits per heavy atom. The second-order valence-electron chi connectivity index (χ2n) is 3.78. The van der Waals surface area contributed by atoms with E-state index in [1.165, 1.54) is 5.01 Å². The van der Waals surface area contributed by atoms with Gasteiger partial charge in [0.1, 0.15) is 0 Å². The molecule has 1 amide bonds. The molecule has 1 heterocycles. The Hall–Kier alpha value is -1.42. The van der Waals surface area contributed by atoms with Crippen molar-refractivity contribution >= 4 is 32.7 Å². The number of carbonyl (C=O) groups excluding carboxylic acids is 1. The third-order valence-corrected chi connectivity index (χ3v) is 3.66. The summed E-state index contributed by atoms with van der Waals surface area (Å²) in [6.07, 6.45) is 4.08. The second-order valence-corrected chi connectivity index (χ2v) is 5.82. The van der Waals surface area contributed by atoms with Gasteiger partial charge in [0.05, 0.1) is 16.3 Å². The van der Waals surface area contributed by atoms with Crippen LogP contribution in [0.5, 0.6) is 0 Å². The van der Waals surface area contributed by atoms with Gasteiger partial charge in [0, 0.05) is 0 Å². The smallest absolute Gasteiger partial charge is 0.266 e. The van der Waals surface area contributed by atoms with E-state index < -0.39 is 0 Å². The van der Waals surface area contributed by atoms with Gasteiger partial charge in [-0.3, -0.25) is 4.79 Å². The van der Waals surface area contributed by atoms with Crippen LogP contribution in [0.2, 0.25) is 0 Å². The van der Waals surface area contributed by atoms with Gasteiger partial charge in [0.15, 0.2) is 0 Å². The molecular formula is C12H14N2OS. The summed E-state index contributed by atoms with van der Waals surface area (Å²) in [5, 5.41) is 5.80. The summed E-state index contributed by atoms with van der Waals surface area (Å²) in [5.41, 5.74) is 1.66. The van der Waals surface area contributed by atoms with Crippen LogP contribution in [0.1, 0.15) is 6.92 Å². The van der Waals surface area contributed by atoms with Gasteiger partial charge in [-0.1, -0.05) is 18.2 Å². The average molecular weight is 234 g/mol. The summed E-state index contributed by atoms with van der Waals surface area (Å²) in [6, 6.07) is 9.52. The molecule has 1 aromatic carbocycles. The number of rotatable bonds is 1. The number of para-hydroxylation sites is 1. The normalized spacial score (nSPS) is 16.0. The van der Waals surface area contributed by atoms with E-state index in [1.807, 2.05) is 49.8 Å². The number of hydrogen-bond donors (Lipinski definition) is 0. The highest BCUT2D eigenvalue weighted by atomic mass is 32.2. The van der Waals surface area contributed by atoms with Gasteiger partial charge in [-0.05, 0) is 31.6 Å². The molecule has 3 nitrogen and oxygen atoms in total. The molecule has 1 aliphatic rings. The second kappa shape index (κ2) is 4.22. The fourth-order valence-corrected chi connectivity index (χ4v) is 2.77. The summed E-state index contributed by atoms with van der Waals surface area (Å²) in [5.74, 6) is 0.0111. The first-order chi connectivity index (χ1) is 7.61. The third-order valence-electron chi connectivity index (χ3n) is 2.37. The summed E-state index contributed by atoms with van der Waals surface area (Å²) in [7, 11) is -0.0509. The number of anilines is 1. The minimum Gasteiger partial charge on any atom is -0.266 e. The molecule has 84 valence electrons. The maximum absolute atomic E-state index is 12.1. The molecule has 1 aromatic rings. The number of amides is 1. The first kappa shape index (κ1) is 11.1. The van der Waals surface area contributed by atoms with Crippen LogP contribution in [-0.4, -0.2) is 29.0 Å². The van der Waals surface area contributed by atoms with Crippen molar-refractivity contribution in [1.82, 2.24) is 0 Å². The summed E-state index contributed by atoms with van der Waals surface area (Å²) in [4.78, 5) is 13.0. The van der Waals surface area contributed by atoms with Crippen LogP contribution in [0.3, 0.4) is 0 Å². The molecule has 0 fully saturated rings. The maximum atomic E-state index is 12.1. The Bertz CT molecular complexity index is 487. The maximum Gasteiger partial charge on any atom is 0.286 e.